The first kappa shape index (κ1) is 14.4. The second-order valence-corrected chi connectivity index (χ2v) is 5.92. The predicted octanol–water partition coefficient (Wildman–Crippen LogP) is 3.73. The minimum atomic E-state index is -0.440. The summed E-state index contributed by atoms with van der Waals surface area (Å²) in [5.74, 6) is 0.780. The highest BCUT2D eigenvalue weighted by Crippen LogP contribution is 2.29. The summed E-state index contributed by atoms with van der Waals surface area (Å²) in [5, 5.41) is 14.6. The van der Waals surface area contributed by atoms with E-state index in [1.165, 1.54) is 0 Å². The summed E-state index contributed by atoms with van der Waals surface area (Å²) in [4.78, 5) is 1.12. The third kappa shape index (κ3) is 3.32. The lowest BCUT2D eigenvalue weighted by atomic mass is 10.1. The molecule has 0 radical (unpaired) electrons. The molecule has 0 amide bonds. The summed E-state index contributed by atoms with van der Waals surface area (Å²) < 4.78 is 1.69. The van der Waals surface area contributed by atoms with Crippen molar-refractivity contribution >= 4 is 23.4 Å². The number of halogens is 1. The van der Waals surface area contributed by atoms with Crippen LogP contribution in [-0.4, -0.2) is 14.9 Å². The van der Waals surface area contributed by atoms with Gasteiger partial charge >= 0.3 is 0 Å². The lowest BCUT2D eigenvalue weighted by molar-refractivity contribution is 0.199. The summed E-state index contributed by atoms with van der Waals surface area (Å²) in [7, 11) is 1.84. The molecule has 0 fully saturated rings. The standard InChI is InChI=1S/C14H17ClN2OS/c1-9-13(14(15)17(3)16-9)8-19-12-6-4-5-11(7-12)10(2)18/h4-7,10,18H,8H2,1-3H3. The first-order valence-electron chi connectivity index (χ1n) is 6.08. The van der Waals surface area contributed by atoms with Gasteiger partial charge in [0.25, 0.3) is 0 Å². The first-order chi connectivity index (χ1) is 8.99. The summed E-state index contributed by atoms with van der Waals surface area (Å²) in [6, 6.07) is 7.93. The second-order valence-electron chi connectivity index (χ2n) is 4.52. The largest absolute Gasteiger partial charge is 0.389 e. The van der Waals surface area contributed by atoms with Crippen LogP contribution in [0.5, 0.6) is 0 Å². The van der Waals surface area contributed by atoms with Gasteiger partial charge in [-0.2, -0.15) is 5.10 Å². The van der Waals surface area contributed by atoms with Gasteiger partial charge in [-0.15, -0.1) is 11.8 Å². The number of hydrogen-bond donors (Lipinski definition) is 1. The molecule has 1 N–H and O–H groups in total. The Morgan fingerprint density at radius 2 is 2.21 bits per heavy atom. The molecule has 1 aromatic heterocycles. The zero-order chi connectivity index (χ0) is 14.0. The molecule has 1 heterocycles. The highest BCUT2D eigenvalue weighted by Gasteiger charge is 2.11. The normalized spacial score (nSPS) is 12.7. The van der Waals surface area contributed by atoms with Crippen molar-refractivity contribution in [3.8, 4) is 0 Å². The van der Waals surface area contributed by atoms with Gasteiger partial charge in [0.05, 0.1) is 11.8 Å². The Labute approximate surface area is 122 Å². The van der Waals surface area contributed by atoms with Gasteiger partial charge in [-0.3, -0.25) is 4.68 Å². The fraction of sp³-hybridized carbons (Fsp3) is 0.357. The van der Waals surface area contributed by atoms with Crippen LogP contribution in [0.1, 0.15) is 29.8 Å². The van der Waals surface area contributed by atoms with E-state index >= 15 is 0 Å². The Morgan fingerprint density at radius 1 is 1.47 bits per heavy atom. The molecule has 102 valence electrons. The van der Waals surface area contributed by atoms with Crippen LogP contribution in [0.2, 0.25) is 5.15 Å². The van der Waals surface area contributed by atoms with Crippen LogP contribution in [0, 0.1) is 6.92 Å². The minimum absolute atomic E-state index is 0.440. The maximum absolute atomic E-state index is 9.58. The van der Waals surface area contributed by atoms with Crippen molar-refractivity contribution in [3.05, 3.63) is 46.2 Å². The van der Waals surface area contributed by atoms with E-state index in [1.807, 2.05) is 38.2 Å². The number of rotatable bonds is 4. The van der Waals surface area contributed by atoms with Crippen LogP contribution < -0.4 is 0 Å². The third-order valence-electron chi connectivity index (χ3n) is 2.99. The average Bonchev–Trinajstić information content (AvgIpc) is 2.61. The Bertz CT molecular complexity index is 581. The van der Waals surface area contributed by atoms with Crippen LogP contribution in [0.3, 0.4) is 0 Å². The quantitative estimate of drug-likeness (QED) is 0.874. The molecular weight excluding hydrogens is 280 g/mol. The van der Waals surface area contributed by atoms with Gasteiger partial charge < -0.3 is 5.11 Å². The molecule has 5 heteroatoms. The summed E-state index contributed by atoms with van der Waals surface area (Å²) in [5.41, 5.74) is 2.96. The molecule has 1 aromatic carbocycles. The molecule has 0 saturated carbocycles. The van der Waals surface area contributed by atoms with Crippen LogP contribution in [0.15, 0.2) is 29.2 Å². The zero-order valence-corrected chi connectivity index (χ0v) is 12.8. The van der Waals surface area contributed by atoms with E-state index in [0.29, 0.717) is 5.15 Å². The number of aliphatic hydroxyl groups excluding tert-OH is 1. The monoisotopic (exact) mass is 296 g/mol. The summed E-state index contributed by atoms with van der Waals surface area (Å²) in [6.45, 7) is 3.74. The number of nitrogens with zero attached hydrogens (tertiary/aromatic N) is 2. The highest BCUT2D eigenvalue weighted by molar-refractivity contribution is 7.98. The molecule has 19 heavy (non-hydrogen) atoms. The Balaban J connectivity index is 2.12. The zero-order valence-electron chi connectivity index (χ0n) is 11.2. The van der Waals surface area contributed by atoms with Crippen LogP contribution in [0.25, 0.3) is 0 Å². The van der Waals surface area contributed by atoms with Crippen molar-refractivity contribution in [1.82, 2.24) is 9.78 Å². The molecule has 0 aliphatic carbocycles. The Morgan fingerprint density at radius 3 is 2.79 bits per heavy atom. The number of aryl methyl sites for hydroxylation is 2. The predicted molar refractivity (Wildman–Crippen MR) is 79.6 cm³/mol. The lowest BCUT2D eigenvalue weighted by Crippen LogP contribution is -1.91. The summed E-state index contributed by atoms with van der Waals surface area (Å²) >= 11 is 7.91. The smallest absolute Gasteiger partial charge is 0.131 e. The first-order valence-corrected chi connectivity index (χ1v) is 7.44. The number of aromatic nitrogens is 2. The molecule has 2 rings (SSSR count). The maximum atomic E-state index is 9.58. The topological polar surface area (TPSA) is 38.0 Å². The summed E-state index contributed by atoms with van der Waals surface area (Å²) in [6.07, 6.45) is -0.440. The van der Waals surface area contributed by atoms with E-state index in [-0.39, 0.29) is 0 Å². The molecule has 0 saturated heterocycles. The fourth-order valence-electron chi connectivity index (χ4n) is 1.86. The van der Waals surface area contributed by atoms with E-state index < -0.39 is 6.10 Å². The number of benzene rings is 1. The number of hydrogen-bond acceptors (Lipinski definition) is 3. The molecule has 0 bridgehead atoms. The van der Waals surface area contributed by atoms with E-state index in [4.69, 9.17) is 11.6 Å². The fourth-order valence-corrected chi connectivity index (χ4v) is 3.23. The van der Waals surface area contributed by atoms with Gasteiger partial charge in [0, 0.05) is 23.3 Å². The molecule has 2 aromatic rings. The molecule has 3 nitrogen and oxygen atoms in total. The molecule has 1 atom stereocenters. The number of aliphatic hydroxyl groups is 1. The van der Waals surface area contributed by atoms with E-state index in [0.717, 1.165) is 27.5 Å². The van der Waals surface area contributed by atoms with Gasteiger partial charge in [-0.25, -0.2) is 0 Å². The van der Waals surface area contributed by atoms with E-state index in [1.54, 1.807) is 23.4 Å². The van der Waals surface area contributed by atoms with Gasteiger partial charge in [-0.05, 0) is 31.5 Å². The lowest BCUT2D eigenvalue weighted by Gasteiger charge is -2.07. The van der Waals surface area contributed by atoms with Crippen LogP contribution in [-0.2, 0) is 12.8 Å². The van der Waals surface area contributed by atoms with Crippen molar-refractivity contribution in [3.63, 3.8) is 0 Å². The number of thioether (sulfide) groups is 1. The van der Waals surface area contributed by atoms with Crippen molar-refractivity contribution in [2.75, 3.05) is 0 Å². The maximum Gasteiger partial charge on any atom is 0.131 e. The molecule has 0 spiro atoms. The van der Waals surface area contributed by atoms with Gasteiger partial charge in [0.1, 0.15) is 5.15 Å². The van der Waals surface area contributed by atoms with Crippen molar-refractivity contribution in [2.24, 2.45) is 7.05 Å². The molecule has 0 aliphatic rings. The molecular formula is C14H17ClN2OS. The molecule has 0 aliphatic heterocycles. The van der Waals surface area contributed by atoms with Crippen molar-refractivity contribution < 1.29 is 5.11 Å². The SMILES string of the molecule is Cc1nn(C)c(Cl)c1CSc1cccc(C(C)O)c1. The second kappa shape index (κ2) is 5.99. The molecule has 1 unspecified atom stereocenters. The Kier molecular flexibility index (Phi) is 4.55. The average molecular weight is 297 g/mol. The van der Waals surface area contributed by atoms with Crippen molar-refractivity contribution in [1.29, 1.82) is 0 Å². The third-order valence-corrected chi connectivity index (χ3v) is 4.49. The van der Waals surface area contributed by atoms with E-state index in [2.05, 4.69) is 5.10 Å². The van der Waals surface area contributed by atoms with Gasteiger partial charge in [0.2, 0.25) is 0 Å². The van der Waals surface area contributed by atoms with Crippen molar-refractivity contribution in [2.45, 2.75) is 30.6 Å². The highest BCUT2D eigenvalue weighted by atomic mass is 35.5. The van der Waals surface area contributed by atoms with Crippen LogP contribution >= 0.6 is 23.4 Å². The van der Waals surface area contributed by atoms with Gasteiger partial charge in [0.15, 0.2) is 0 Å². The Hall–Kier alpha value is -0.970. The van der Waals surface area contributed by atoms with E-state index in [9.17, 15) is 5.11 Å². The van der Waals surface area contributed by atoms with Crippen LogP contribution in [0.4, 0.5) is 0 Å². The van der Waals surface area contributed by atoms with Gasteiger partial charge in [-0.1, -0.05) is 23.7 Å². The minimum Gasteiger partial charge on any atom is -0.389 e.